The van der Waals surface area contributed by atoms with Crippen LogP contribution in [0.1, 0.15) is 11.6 Å². The van der Waals surface area contributed by atoms with E-state index in [2.05, 4.69) is 0 Å². The molecule has 82 valence electrons. The highest BCUT2D eigenvalue weighted by atomic mass is 32.2. The zero-order valence-corrected chi connectivity index (χ0v) is 8.44. The fourth-order valence-electron chi connectivity index (χ4n) is 1.01. The zero-order chi connectivity index (χ0) is 11.6. The summed E-state index contributed by atoms with van der Waals surface area (Å²) < 4.78 is 21.8. The SMILES string of the molecule is N[C@H](C(=O)O)c1ccc(S(N)(=O)=O)cc1. The van der Waals surface area contributed by atoms with Gasteiger partial charge < -0.3 is 10.8 Å². The maximum absolute atomic E-state index is 10.9. The third-order valence-electron chi connectivity index (χ3n) is 1.83. The number of hydrogen-bond acceptors (Lipinski definition) is 4. The molecular formula is C8H10N2O4S. The summed E-state index contributed by atoms with van der Waals surface area (Å²) in [6.45, 7) is 0. The monoisotopic (exact) mass is 230 g/mol. The first kappa shape index (κ1) is 11.6. The van der Waals surface area contributed by atoms with Crippen LogP contribution in [0.4, 0.5) is 0 Å². The highest BCUT2D eigenvalue weighted by Gasteiger charge is 2.15. The molecule has 15 heavy (non-hydrogen) atoms. The average Bonchev–Trinajstić information content (AvgIpc) is 2.15. The molecule has 7 heteroatoms. The normalized spacial score (nSPS) is 13.5. The number of nitrogens with two attached hydrogens (primary N) is 2. The fraction of sp³-hybridized carbons (Fsp3) is 0.125. The van der Waals surface area contributed by atoms with Gasteiger partial charge in [-0.15, -0.1) is 0 Å². The van der Waals surface area contributed by atoms with Gasteiger partial charge in [0, 0.05) is 0 Å². The molecule has 0 aliphatic rings. The minimum atomic E-state index is -3.75. The molecule has 5 N–H and O–H groups in total. The van der Waals surface area contributed by atoms with Crippen LogP contribution in [0.15, 0.2) is 29.2 Å². The van der Waals surface area contributed by atoms with Crippen molar-refractivity contribution < 1.29 is 18.3 Å². The predicted octanol–water partition coefficient (Wildman–Crippen LogP) is -0.582. The summed E-state index contributed by atoms with van der Waals surface area (Å²) in [5.74, 6) is -1.18. The molecule has 0 bridgehead atoms. The molecule has 1 aromatic rings. The number of benzene rings is 1. The standard InChI is InChI=1S/C8H10N2O4S/c9-7(8(11)12)5-1-3-6(4-2-5)15(10,13)14/h1-4,7H,9H2,(H,11,12)(H2,10,13,14)/t7-/m0/s1. The minimum Gasteiger partial charge on any atom is -0.480 e. The van der Waals surface area contributed by atoms with E-state index >= 15 is 0 Å². The molecule has 0 aliphatic carbocycles. The lowest BCUT2D eigenvalue weighted by molar-refractivity contribution is -0.138. The van der Waals surface area contributed by atoms with E-state index in [0.29, 0.717) is 5.56 Å². The Labute approximate surface area is 86.6 Å². The number of rotatable bonds is 3. The van der Waals surface area contributed by atoms with Gasteiger partial charge in [0.2, 0.25) is 10.0 Å². The highest BCUT2D eigenvalue weighted by Crippen LogP contribution is 2.13. The molecule has 0 heterocycles. The van der Waals surface area contributed by atoms with E-state index in [-0.39, 0.29) is 4.90 Å². The van der Waals surface area contributed by atoms with Gasteiger partial charge in [-0.05, 0) is 17.7 Å². The Balaban J connectivity index is 3.06. The summed E-state index contributed by atoms with van der Waals surface area (Å²) in [7, 11) is -3.75. The molecule has 6 nitrogen and oxygen atoms in total. The zero-order valence-electron chi connectivity index (χ0n) is 7.62. The molecule has 0 amide bonds. The third-order valence-corrected chi connectivity index (χ3v) is 2.76. The number of sulfonamides is 1. The second-order valence-corrected chi connectivity index (χ2v) is 4.49. The number of primary sulfonamides is 1. The first-order valence-corrected chi connectivity index (χ1v) is 5.48. The maximum atomic E-state index is 10.9. The van der Waals surface area contributed by atoms with Crippen molar-refractivity contribution in [1.29, 1.82) is 0 Å². The molecule has 1 atom stereocenters. The molecule has 0 saturated heterocycles. The van der Waals surface area contributed by atoms with Gasteiger partial charge in [-0.2, -0.15) is 0 Å². The third kappa shape index (κ3) is 2.75. The topological polar surface area (TPSA) is 123 Å². The van der Waals surface area contributed by atoms with Crippen LogP contribution in [0.2, 0.25) is 0 Å². The van der Waals surface area contributed by atoms with E-state index in [1.807, 2.05) is 0 Å². The summed E-state index contributed by atoms with van der Waals surface area (Å²) in [4.78, 5) is 10.4. The van der Waals surface area contributed by atoms with Crippen LogP contribution in [0.3, 0.4) is 0 Å². The van der Waals surface area contributed by atoms with Crippen LogP contribution in [0.5, 0.6) is 0 Å². The van der Waals surface area contributed by atoms with Gasteiger partial charge in [-0.3, -0.25) is 4.79 Å². The van der Waals surface area contributed by atoms with Gasteiger partial charge >= 0.3 is 5.97 Å². The van der Waals surface area contributed by atoms with Gasteiger partial charge in [-0.25, -0.2) is 13.6 Å². The molecule has 1 aromatic carbocycles. The lowest BCUT2D eigenvalue weighted by Gasteiger charge is -2.06. The van der Waals surface area contributed by atoms with Crippen molar-refractivity contribution in [1.82, 2.24) is 0 Å². The number of hydrogen-bond donors (Lipinski definition) is 3. The second-order valence-electron chi connectivity index (χ2n) is 2.93. The highest BCUT2D eigenvalue weighted by molar-refractivity contribution is 7.89. The van der Waals surface area contributed by atoms with Crippen molar-refractivity contribution in [3.63, 3.8) is 0 Å². The van der Waals surface area contributed by atoms with Gasteiger partial charge in [0.05, 0.1) is 4.90 Å². The van der Waals surface area contributed by atoms with Crippen LogP contribution in [-0.4, -0.2) is 19.5 Å². The summed E-state index contributed by atoms with van der Waals surface area (Å²) in [6.07, 6.45) is 0. The first-order valence-electron chi connectivity index (χ1n) is 3.93. The molecule has 0 fully saturated rings. The molecular weight excluding hydrogens is 220 g/mol. The number of aliphatic carboxylic acids is 1. The van der Waals surface area contributed by atoms with Crippen molar-refractivity contribution in [3.05, 3.63) is 29.8 Å². The summed E-state index contributed by atoms with van der Waals surface area (Å²) in [5.41, 5.74) is 5.63. The first-order chi connectivity index (χ1) is 6.82. The molecule has 0 saturated carbocycles. The molecule has 0 spiro atoms. The van der Waals surface area contributed by atoms with Gasteiger partial charge in [0.1, 0.15) is 6.04 Å². The Morgan fingerprint density at radius 2 is 1.73 bits per heavy atom. The van der Waals surface area contributed by atoms with Crippen molar-refractivity contribution in [2.45, 2.75) is 10.9 Å². The number of carboxylic acids is 1. The quantitative estimate of drug-likeness (QED) is 0.640. The summed E-state index contributed by atoms with van der Waals surface area (Å²) >= 11 is 0. The fourth-order valence-corrected chi connectivity index (χ4v) is 1.52. The van der Waals surface area contributed by atoms with Crippen molar-refractivity contribution in [2.24, 2.45) is 10.9 Å². The van der Waals surface area contributed by atoms with E-state index in [1.54, 1.807) is 0 Å². The van der Waals surface area contributed by atoms with Crippen LogP contribution in [0, 0.1) is 0 Å². The van der Waals surface area contributed by atoms with Crippen LogP contribution < -0.4 is 10.9 Å². The Kier molecular flexibility index (Phi) is 3.08. The lowest BCUT2D eigenvalue weighted by atomic mass is 10.1. The smallest absolute Gasteiger partial charge is 0.325 e. The number of carbonyl (C=O) groups is 1. The Morgan fingerprint density at radius 1 is 1.27 bits per heavy atom. The van der Waals surface area contributed by atoms with E-state index in [1.165, 1.54) is 24.3 Å². The van der Waals surface area contributed by atoms with E-state index in [4.69, 9.17) is 16.0 Å². The molecule has 0 radical (unpaired) electrons. The largest absolute Gasteiger partial charge is 0.480 e. The molecule has 0 unspecified atom stereocenters. The molecule has 0 aliphatic heterocycles. The predicted molar refractivity (Wildman–Crippen MR) is 52.4 cm³/mol. The second kappa shape index (κ2) is 3.97. The van der Waals surface area contributed by atoms with E-state index in [0.717, 1.165) is 0 Å². The molecule has 1 rings (SSSR count). The Bertz CT molecular complexity index is 466. The van der Waals surface area contributed by atoms with Crippen molar-refractivity contribution in [2.75, 3.05) is 0 Å². The van der Waals surface area contributed by atoms with Gasteiger partial charge in [0.25, 0.3) is 0 Å². The maximum Gasteiger partial charge on any atom is 0.325 e. The molecule has 0 aromatic heterocycles. The van der Waals surface area contributed by atoms with E-state index in [9.17, 15) is 13.2 Å². The van der Waals surface area contributed by atoms with Gasteiger partial charge in [-0.1, -0.05) is 12.1 Å². The van der Waals surface area contributed by atoms with Crippen LogP contribution in [0.25, 0.3) is 0 Å². The summed E-state index contributed by atoms with van der Waals surface area (Å²) in [5, 5.41) is 13.5. The van der Waals surface area contributed by atoms with Crippen molar-refractivity contribution in [3.8, 4) is 0 Å². The Morgan fingerprint density at radius 3 is 2.07 bits per heavy atom. The average molecular weight is 230 g/mol. The van der Waals surface area contributed by atoms with Crippen LogP contribution >= 0.6 is 0 Å². The van der Waals surface area contributed by atoms with E-state index < -0.39 is 22.0 Å². The Hall–Kier alpha value is -1.44. The number of carboxylic acid groups (broad SMARTS) is 1. The lowest BCUT2D eigenvalue weighted by Crippen LogP contribution is -2.20. The van der Waals surface area contributed by atoms with Crippen molar-refractivity contribution >= 4 is 16.0 Å². The van der Waals surface area contributed by atoms with Crippen LogP contribution in [-0.2, 0) is 14.8 Å². The van der Waals surface area contributed by atoms with Gasteiger partial charge in [0.15, 0.2) is 0 Å². The summed E-state index contributed by atoms with van der Waals surface area (Å²) in [6, 6.07) is 3.90. The minimum absolute atomic E-state index is 0.0798.